The van der Waals surface area contributed by atoms with Gasteiger partial charge >= 0.3 is 68.9 Å². The predicted molar refractivity (Wildman–Crippen MR) is 66.0 cm³/mol. The van der Waals surface area contributed by atoms with Crippen molar-refractivity contribution >= 4 is 5.97 Å². The first-order valence-electron chi connectivity index (χ1n) is 6.62. The summed E-state index contributed by atoms with van der Waals surface area (Å²) < 4.78 is 0. The molecular weight excluding hydrogens is 333 g/mol. The van der Waals surface area contributed by atoms with E-state index in [4.69, 9.17) is 0 Å². The Balaban J connectivity index is 0. The Hall–Kier alpha value is 1.26. The summed E-state index contributed by atoms with van der Waals surface area (Å²) in [5, 5.41) is 10.1. The van der Waals surface area contributed by atoms with E-state index in [0.717, 1.165) is 19.3 Å². The summed E-state index contributed by atoms with van der Waals surface area (Å²) in [5.41, 5.74) is 0. The summed E-state index contributed by atoms with van der Waals surface area (Å²) in [5.74, 6) is -0.918. The standard InChI is InChI=1S/C14H26O2.Cs/c1-2-3-4-5-6-7-8-9-10-11-12-13-14(15)16;/h5-6H,2-4,7-13H2,1H3,(H,15,16);/q;+1/p-1/b6-5-;. The molecule has 0 atom stereocenters. The first-order valence-corrected chi connectivity index (χ1v) is 6.62. The quantitative estimate of drug-likeness (QED) is 0.392. The van der Waals surface area contributed by atoms with Crippen LogP contribution in [0.1, 0.15) is 71.1 Å². The zero-order valence-electron chi connectivity index (χ0n) is 11.5. The van der Waals surface area contributed by atoms with Crippen molar-refractivity contribution in [1.82, 2.24) is 0 Å². The molecule has 0 unspecified atom stereocenters. The molecule has 0 saturated carbocycles. The van der Waals surface area contributed by atoms with E-state index in [1.165, 1.54) is 38.5 Å². The summed E-state index contributed by atoms with van der Waals surface area (Å²) in [6.45, 7) is 2.21. The van der Waals surface area contributed by atoms with E-state index in [1.807, 2.05) is 0 Å². The largest absolute Gasteiger partial charge is 1.00 e. The Morgan fingerprint density at radius 1 is 0.941 bits per heavy atom. The number of hydrogen-bond acceptors (Lipinski definition) is 2. The molecule has 2 nitrogen and oxygen atoms in total. The van der Waals surface area contributed by atoms with Crippen LogP contribution in [0.4, 0.5) is 0 Å². The number of carboxylic acids is 1. The molecule has 0 rings (SSSR count). The van der Waals surface area contributed by atoms with E-state index in [9.17, 15) is 9.90 Å². The van der Waals surface area contributed by atoms with Crippen LogP contribution in [0.5, 0.6) is 0 Å². The third kappa shape index (κ3) is 19.8. The van der Waals surface area contributed by atoms with Gasteiger partial charge < -0.3 is 9.90 Å². The third-order valence-corrected chi connectivity index (χ3v) is 2.64. The second-order valence-electron chi connectivity index (χ2n) is 4.29. The summed E-state index contributed by atoms with van der Waals surface area (Å²) in [6, 6.07) is 0. The number of carboxylic acid groups (broad SMARTS) is 1. The van der Waals surface area contributed by atoms with Crippen LogP contribution < -0.4 is 74.0 Å². The molecule has 17 heavy (non-hydrogen) atoms. The number of carbonyl (C=O) groups is 1. The number of hydrogen-bond donors (Lipinski definition) is 0. The number of carbonyl (C=O) groups excluding carboxylic acids is 1. The first-order chi connectivity index (χ1) is 7.77. The fraction of sp³-hybridized carbons (Fsp3) is 0.786. The van der Waals surface area contributed by atoms with Crippen molar-refractivity contribution in [2.24, 2.45) is 0 Å². The average Bonchev–Trinajstić information content (AvgIpc) is 2.25. The molecule has 0 heterocycles. The Morgan fingerprint density at radius 2 is 1.47 bits per heavy atom. The van der Waals surface area contributed by atoms with E-state index < -0.39 is 5.97 Å². The summed E-state index contributed by atoms with van der Waals surface area (Å²) in [7, 11) is 0. The number of rotatable bonds is 11. The van der Waals surface area contributed by atoms with Gasteiger partial charge in [-0.15, -0.1) is 0 Å². The van der Waals surface area contributed by atoms with Gasteiger partial charge in [0, 0.05) is 5.97 Å². The van der Waals surface area contributed by atoms with Crippen LogP contribution in [0.25, 0.3) is 0 Å². The molecule has 94 valence electrons. The maximum Gasteiger partial charge on any atom is 1.00 e. The fourth-order valence-electron chi connectivity index (χ4n) is 1.62. The van der Waals surface area contributed by atoms with Gasteiger partial charge in [0.05, 0.1) is 0 Å². The molecule has 0 amide bonds. The molecule has 0 aliphatic heterocycles. The molecule has 0 N–H and O–H groups in total. The van der Waals surface area contributed by atoms with Gasteiger partial charge in [-0.05, 0) is 32.1 Å². The predicted octanol–water partition coefficient (Wildman–Crippen LogP) is 0.217. The molecule has 0 aromatic carbocycles. The molecule has 0 spiro atoms. The number of allylic oxidation sites excluding steroid dienone is 2. The second-order valence-corrected chi connectivity index (χ2v) is 4.29. The fourth-order valence-corrected chi connectivity index (χ4v) is 1.62. The summed E-state index contributed by atoms with van der Waals surface area (Å²) in [4.78, 5) is 10.1. The van der Waals surface area contributed by atoms with Crippen molar-refractivity contribution in [2.45, 2.75) is 71.1 Å². The Kier molecular flexibility index (Phi) is 20.9. The minimum atomic E-state index is -0.918. The molecule has 0 aliphatic rings. The van der Waals surface area contributed by atoms with Crippen molar-refractivity contribution in [2.75, 3.05) is 0 Å². The van der Waals surface area contributed by atoms with Crippen LogP contribution in [0.15, 0.2) is 12.2 Å². The van der Waals surface area contributed by atoms with Crippen molar-refractivity contribution in [3.63, 3.8) is 0 Å². The Bertz CT molecular complexity index is 191. The van der Waals surface area contributed by atoms with Gasteiger partial charge in [-0.1, -0.05) is 51.2 Å². The van der Waals surface area contributed by atoms with Gasteiger partial charge in [-0.3, -0.25) is 0 Å². The summed E-state index contributed by atoms with van der Waals surface area (Å²) >= 11 is 0. The van der Waals surface area contributed by atoms with Crippen LogP contribution in [0.3, 0.4) is 0 Å². The van der Waals surface area contributed by atoms with Gasteiger partial charge in [0.15, 0.2) is 0 Å². The van der Waals surface area contributed by atoms with E-state index in [2.05, 4.69) is 19.1 Å². The van der Waals surface area contributed by atoms with Crippen molar-refractivity contribution in [3.05, 3.63) is 12.2 Å². The normalized spacial score (nSPS) is 10.4. The van der Waals surface area contributed by atoms with Gasteiger partial charge in [-0.25, -0.2) is 0 Å². The molecule has 0 aromatic heterocycles. The van der Waals surface area contributed by atoms with Gasteiger partial charge in [0.1, 0.15) is 0 Å². The Morgan fingerprint density at radius 3 is 2.06 bits per heavy atom. The smallest absolute Gasteiger partial charge is 0.550 e. The third-order valence-electron chi connectivity index (χ3n) is 2.64. The molecular formula is C14H25CsO2. The average molecular weight is 358 g/mol. The molecule has 0 aliphatic carbocycles. The van der Waals surface area contributed by atoms with Crippen LogP contribution in [0, 0.1) is 0 Å². The Labute approximate surface area is 165 Å². The second kappa shape index (κ2) is 17.3. The SMILES string of the molecule is CCCC/C=C\CCCCCCCC(=O)[O-].[Cs+]. The monoisotopic (exact) mass is 358 g/mol. The van der Waals surface area contributed by atoms with Crippen molar-refractivity contribution in [3.8, 4) is 0 Å². The van der Waals surface area contributed by atoms with Crippen LogP contribution in [-0.4, -0.2) is 5.97 Å². The van der Waals surface area contributed by atoms with Crippen LogP contribution >= 0.6 is 0 Å². The van der Waals surface area contributed by atoms with Gasteiger partial charge in [-0.2, -0.15) is 0 Å². The van der Waals surface area contributed by atoms with Crippen LogP contribution in [-0.2, 0) is 4.79 Å². The molecule has 0 saturated heterocycles. The first kappa shape index (κ1) is 20.6. The van der Waals surface area contributed by atoms with E-state index >= 15 is 0 Å². The zero-order chi connectivity index (χ0) is 12.1. The minimum absolute atomic E-state index is 0. The van der Waals surface area contributed by atoms with Crippen LogP contribution in [0.2, 0.25) is 0 Å². The zero-order valence-corrected chi connectivity index (χ0v) is 17.8. The summed E-state index contributed by atoms with van der Waals surface area (Å²) in [6.07, 6.45) is 15.1. The topological polar surface area (TPSA) is 40.1 Å². The maximum atomic E-state index is 10.1. The van der Waals surface area contributed by atoms with E-state index in [1.54, 1.807) is 0 Å². The molecule has 0 bridgehead atoms. The molecule has 0 radical (unpaired) electrons. The molecule has 3 heteroatoms. The minimum Gasteiger partial charge on any atom is -0.550 e. The van der Waals surface area contributed by atoms with Crippen molar-refractivity contribution < 1.29 is 78.8 Å². The van der Waals surface area contributed by atoms with Gasteiger partial charge in [0.25, 0.3) is 0 Å². The number of unbranched alkanes of at least 4 members (excludes halogenated alkanes) is 7. The molecule has 0 fully saturated rings. The number of aliphatic carboxylic acids is 1. The van der Waals surface area contributed by atoms with Crippen molar-refractivity contribution in [1.29, 1.82) is 0 Å². The van der Waals surface area contributed by atoms with E-state index in [0.29, 0.717) is 0 Å². The maximum absolute atomic E-state index is 10.1. The van der Waals surface area contributed by atoms with Gasteiger partial charge in [0.2, 0.25) is 0 Å². The van der Waals surface area contributed by atoms with E-state index in [-0.39, 0.29) is 75.3 Å². The molecule has 0 aromatic rings.